The Morgan fingerprint density at radius 3 is 1.95 bits per heavy atom. The first-order chi connectivity index (χ1) is 19.9. The fourth-order valence-electron chi connectivity index (χ4n) is 10.2. The molecule has 0 aliphatic heterocycles. The molecule has 0 bridgehead atoms. The van der Waals surface area contributed by atoms with Gasteiger partial charge < -0.3 is 23.2 Å². The lowest BCUT2D eigenvalue weighted by Crippen LogP contribution is -2.60. The zero-order valence-electron chi connectivity index (χ0n) is 28.9. The Hall–Kier alpha value is -1.67. The SMILES string of the molecule is COC(=O)CC[C@@H](C)[C@H]1CC[C@H]2[C@@H]3[C@H](OC(=O)C[N+](C)(C)C)C[C@@H]4C[C@H](OC(=O)C[N+](C)(C)C)CC[C@]4(C)[C@H]3CC[C@]12C. The van der Waals surface area contributed by atoms with Crippen LogP contribution in [0.2, 0.25) is 0 Å². The first kappa shape index (κ1) is 34.2. The van der Waals surface area contributed by atoms with E-state index in [-0.39, 0.29) is 40.9 Å². The van der Waals surface area contributed by atoms with E-state index in [9.17, 15) is 14.4 Å². The molecule has 0 aromatic carbocycles. The highest BCUT2D eigenvalue weighted by molar-refractivity contribution is 5.71. The number of ether oxygens (including phenoxy) is 3. The average molecular weight is 607 g/mol. The van der Waals surface area contributed by atoms with Crippen LogP contribution in [0.15, 0.2) is 0 Å². The summed E-state index contributed by atoms with van der Waals surface area (Å²) in [6.45, 7) is 8.05. The van der Waals surface area contributed by atoms with E-state index in [1.165, 1.54) is 26.4 Å². The predicted octanol–water partition coefficient (Wildman–Crippen LogP) is 5.08. The summed E-state index contributed by atoms with van der Waals surface area (Å²) in [6, 6.07) is 0. The quantitative estimate of drug-likeness (QED) is 0.196. The summed E-state index contributed by atoms with van der Waals surface area (Å²) < 4.78 is 18.6. The van der Waals surface area contributed by atoms with Gasteiger partial charge in [-0.25, -0.2) is 9.59 Å². The van der Waals surface area contributed by atoms with Gasteiger partial charge in [-0.1, -0.05) is 20.8 Å². The van der Waals surface area contributed by atoms with E-state index in [0.29, 0.717) is 64.0 Å². The molecule has 0 amide bonds. The van der Waals surface area contributed by atoms with Gasteiger partial charge in [-0.3, -0.25) is 4.79 Å². The molecule has 43 heavy (non-hydrogen) atoms. The molecule has 8 heteroatoms. The second-order valence-corrected chi connectivity index (χ2v) is 17.4. The number of carbonyl (C=O) groups excluding carboxylic acids is 3. The Morgan fingerprint density at radius 2 is 1.35 bits per heavy atom. The minimum atomic E-state index is -0.121. The van der Waals surface area contributed by atoms with Crippen molar-refractivity contribution in [3.05, 3.63) is 0 Å². The van der Waals surface area contributed by atoms with Crippen molar-refractivity contribution in [3.8, 4) is 0 Å². The maximum absolute atomic E-state index is 13.4. The molecule has 4 aliphatic rings. The smallest absolute Gasteiger partial charge is 0.362 e. The van der Waals surface area contributed by atoms with Crippen LogP contribution < -0.4 is 0 Å². The summed E-state index contributed by atoms with van der Waals surface area (Å²) >= 11 is 0. The van der Waals surface area contributed by atoms with E-state index in [0.717, 1.165) is 38.5 Å². The molecule has 0 N–H and O–H groups in total. The molecule has 8 nitrogen and oxygen atoms in total. The van der Waals surface area contributed by atoms with Gasteiger partial charge in [-0.05, 0) is 98.2 Å². The topological polar surface area (TPSA) is 78.9 Å². The highest BCUT2D eigenvalue weighted by Crippen LogP contribution is 2.69. The van der Waals surface area contributed by atoms with E-state index >= 15 is 0 Å². The Kier molecular flexibility index (Phi) is 10.0. The third kappa shape index (κ3) is 7.59. The molecule has 0 unspecified atom stereocenters. The second kappa shape index (κ2) is 12.6. The summed E-state index contributed by atoms with van der Waals surface area (Å²) in [5.74, 6) is 2.40. The molecule has 0 aromatic rings. The number of hydrogen-bond donors (Lipinski definition) is 0. The minimum absolute atomic E-state index is 0.0587. The third-order valence-corrected chi connectivity index (χ3v) is 12.2. The van der Waals surface area contributed by atoms with Gasteiger partial charge in [-0.15, -0.1) is 0 Å². The van der Waals surface area contributed by atoms with Crippen LogP contribution in [0, 0.1) is 46.3 Å². The molecule has 0 aromatic heterocycles. The summed E-state index contributed by atoms with van der Waals surface area (Å²) in [5.41, 5.74) is 0.342. The highest BCUT2D eigenvalue weighted by atomic mass is 16.6. The van der Waals surface area contributed by atoms with Crippen LogP contribution in [0.5, 0.6) is 0 Å². The number of carbonyl (C=O) groups is 3. The highest BCUT2D eigenvalue weighted by Gasteiger charge is 2.64. The standard InChI is InChI=1S/C35H62N2O6/c1-23(11-14-30(38)41-10)26-12-13-27-33-28(16-18-35(26,27)3)34(2)17-15-25(42-31(39)21-36(4,5)6)19-24(34)20-29(33)43-32(40)22-37(7,8)9/h23-29,33H,11-22H2,1-10H3/q+2/t23-,24+,25-,26-,27+,28+,29-,33+,34+,35-/m1/s1. The fraction of sp³-hybridized carbons (Fsp3) is 0.914. The van der Waals surface area contributed by atoms with Gasteiger partial charge in [0.25, 0.3) is 0 Å². The van der Waals surface area contributed by atoms with Gasteiger partial charge in [0.1, 0.15) is 12.2 Å². The lowest BCUT2D eigenvalue weighted by atomic mass is 9.43. The van der Waals surface area contributed by atoms with Gasteiger partial charge in [0.2, 0.25) is 0 Å². The zero-order chi connectivity index (χ0) is 32.0. The van der Waals surface area contributed by atoms with Crippen molar-refractivity contribution in [3.63, 3.8) is 0 Å². The molecule has 4 aliphatic carbocycles. The van der Waals surface area contributed by atoms with Gasteiger partial charge in [0.05, 0.1) is 49.4 Å². The third-order valence-electron chi connectivity index (χ3n) is 12.2. The number of likely N-dealkylation sites (N-methyl/N-ethyl adjacent to an activating group) is 2. The summed E-state index contributed by atoms with van der Waals surface area (Å²) in [6.07, 6.45) is 9.57. The van der Waals surface area contributed by atoms with Crippen molar-refractivity contribution >= 4 is 17.9 Å². The number of quaternary nitrogens is 2. The van der Waals surface area contributed by atoms with E-state index in [1.54, 1.807) is 0 Å². The zero-order valence-corrected chi connectivity index (χ0v) is 28.9. The molecule has 246 valence electrons. The lowest BCUT2D eigenvalue weighted by Gasteiger charge is -2.62. The number of rotatable bonds is 10. The second-order valence-electron chi connectivity index (χ2n) is 17.4. The van der Waals surface area contributed by atoms with Crippen LogP contribution in [-0.2, 0) is 28.6 Å². The van der Waals surface area contributed by atoms with E-state index < -0.39 is 0 Å². The fourth-order valence-corrected chi connectivity index (χ4v) is 10.2. The Labute approximate surface area is 261 Å². The van der Waals surface area contributed by atoms with Gasteiger partial charge in [0, 0.05) is 12.3 Å². The molecule has 10 atom stereocenters. The van der Waals surface area contributed by atoms with Gasteiger partial charge in [0.15, 0.2) is 13.1 Å². The Balaban J connectivity index is 1.57. The molecule has 0 spiro atoms. The summed E-state index contributed by atoms with van der Waals surface area (Å²) in [5, 5.41) is 0. The molecule has 4 saturated carbocycles. The van der Waals surface area contributed by atoms with Crippen LogP contribution in [0.4, 0.5) is 0 Å². The molecule has 0 radical (unpaired) electrons. The monoisotopic (exact) mass is 606 g/mol. The average Bonchev–Trinajstić information content (AvgIpc) is 3.22. The molecular formula is C35H62N2O6+2. The van der Waals surface area contributed by atoms with E-state index in [2.05, 4.69) is 20.8 Å². The maximum Gasteiger partial charge on any atom is 0.362 e. The first-order valence-corrected chi connectivity index (χ1v) is 16.9. The van der Waals surface area contributed by atoms with Crippen molar-refractivity contribution < 1.29 is 37.6 Å². The van der Waals surface area contributed by atoms with Gasteiger partial charge in [-0.2, -0.15) is 0 Å². The normalized spacial score (nSPS) is 38.2. The lowest BCUT2D eigenvalue weighted by molar-refractivity contribution is -0.862. The molecule has 4 fully saturated rings. The van der Waals surface area contributed by atoms with Crippen molar-refractivity contribution in [2.24, 2.45) is 46.3 Å². The van der Waals surface area contributed by atoms with Gasteiger partial charge >= 0.3 is 17.9 Å². The van der Waals surface area contributed by atoms with E-state index in [4.69, 9.17) is 14.2 Å². The van der Waals surface area contributed by atoms with Crippen LogP contribution >= 0.6 is 0 Å². The largest absolute Gasteiger partial charge is 0.469 e. The van der Waals surface area contributed by atoms with Crippen molar-refractivity contribution in [2.75, 3.05) is 62.5 Å². The summed E-state index contributed by atoms with van der Waals surface area (Å²) in [4.78, 5) is 38.0. The number of nitrogens with zero attached hydrogens (tertiary/aromatic N) is 2. The van der Waals surface area contributed by atoms with Crippen molar-refractivity contribution in [1.82, 2.24) is 0 Å². The minimum Gasteiger partial charge on any atom is -0.469 e. The number of fused-ring (bicyclic) bond motifs is 5. The Morgan fingerprint density at radius 1 is 0.767 bits per heavy atom. The van der Waals surface area contributed by atoms with Crippen molar-refractivity contribution in [1.29, 1.82) is 0 Å². The predicted molar refractivity (Wildman–Crippen MR) is 167 cm³/mol. The number of hydrogen-bond acceptors (Lipinski definition) is 6. The molecule has 0 saturated heterocycles. The van der Waals surface area contributed by atoms with Crippen LogP contribution in [0.1, 0.15) is 85.0 Å². The van der Waals surface area contributed by atoms with Crippen LogP contribution in [0.25, 0.3) is 0 Å². The van der Waals surface area contributed by atoms with E-state index in [1.807, 2.05) is 42.3 Å². The first-order valence-electron chi connectivity index (χ1n) is 16.9. The Bertz CT molecular complexity index is 1030. The maximum atomic E-state index is 13.4. The number of esters is 3. The van der Waals surface area contributed by atoms with Crippen LogP contribution in [0.3, 0.4) is 0 Å². The number of methoxy groups -OCH3 is 1. The summed E-state index contributed by atoms with van der Waals surface area (Å²) in [7, 11) is 13.6. The molecule has 4 rings (SSSR count). The van der Waals surface area contributed by atoms with Crippen molar-refractivity contribution in [2.45, 2.75) is 97.2 Å². The molecular weight excluding hydrogens is 544 g/mol. The molecule has 0 heterocycles. The van der Waals surface area contributed by atoms with Crippen LogP contribution in [-0.4, -0.2) is 102 Å².